The molecule has 0 aliphatic carbocycles. The smallest absolute Gasteiger partial charge is 0.316 e. The van der Waals surface area contributed by atoms with Gasteiger partial charge in [-0.2, -0.15) is 12.6 Å². The monoisotopic (exact) mass is 189 g/mol. The zero-order valence-corrected chi connectivity index (χ0v) is 7.31. The standard InChI is InChI=1S/C6H7NO2S2/c8-6(9)5(10)1-4-2-7-3-11-4/h2-3,5,10H,1H2,(H,8,9). The molecule has 0 bridgehead atoms. The van der Waals surface area contributed by atoms with Crippen molar-refractivity contribution in [3.8, 4) is 0 Å². The number of thiazole rings is 1. The van der Waals surface area contributed by atoms with Crippen LogP contribution in [0, 0.1) is 0 Å². The van der Waals surface area contributed by atoms with Gasteiger partial charge in [-0.05, 0) is 0 Å². The first kappa shape index (κ1) is 8.55. The van der Waals surface area contributed by atoms with Gasteiger partial charge in [0.15, 0.2) is 0 Å². The SMILES string of the molecule is O=C(O)C(S)Cc1cncs1. The average Bonchev–Trinajstić information content (AvgIpc) is 2.39. The number of carboxylic acids is 1. The van der Waals surface area contributed by atoms with Crippen LogP contribution in [-0.4, -0.2) is 21.3 Å². The summed E-state index contributed by atoms with van der Waals surface area (Å²) in [6, 6.07) is 0. The fourth-order valence-electron chi connectivity index (χ4n) is 0.621. The summed E-state index contributed by atoms with van der Waals surface area (Å²) in [6.07, 6.45) is 2.11. The molecule has 0 spiro atoms. The summed E-state index contributed by atoms with van der Waals surface area (Å²) in [7, 11) is 0. The zero-order valence-electron chi connectivity index (χ0n) is 5.60. The number of thiol groups is 1. The molecule has 1 unspecified atom stereocenters. The van der Waals surface area contributed by atoms with Gasteiger partial charge in [0.1, 0.15) is 5.25 Å². The van der Waals surface area contributed by atoms with Gasteiger partial charge in [0.25, 0.3) is 0 Å². The molecule has 0 aromatic carbocycles. The lowest BCUT2D eigenvalue weighted by Crippen LogP contribution is -2.15. The summed E-state index contributed by atoms with van der Waals surface area (Å²) in [4.78, 5) is 15.1. The van der Waals surface area contributed by atoms with Crippen molar-refractivity contribution in [1.82, 2.24) is 4.98 Å². The molecule has 3 nitrogen and oxygen atoms in total. The predicted octanol–water partition coefficient (Wildman–Crippen LogP) is 1.07. The Hall–Kier alpha value is -0.550. The van der Waals surface area contributed by atoms with E-state index in [0.29, 0.717) is 6.42 Å². The second-order valence-corrected chi connectivity index (χ2v) is 3.62. The third-order valence-electron chi connectivity index (χ3n) is 1.16. The summed E-state index contributed by atoms with van der Waals surface area (Å²) in [5, 5.41) is 7.87. The van der Waals surface area contributed by atoms with E-state index in [4.69, 9.17) is 5.11 Å². The van der Waals surface area contributed by atoms with Crippen LogP contribution in [-0.2, 0) is 11.2 Å². The normalized spacial score (nSPS) is 12.8. The second-order valence-electron chi connectivity index (χ2n) is 2.03. The average molecular weight is 189 g/mol. The Bertz CT molecular complexity index is 235. The van der Waals surface area contributed by atoms with Crippen LogP contribution in [0.25, 0.3) is 0 Å². The molecule has 1 atom stereocenters. The van der Waals surface area contributed by atoms with Gasteiger partial charge in [0, 0.05) is 17.5 Å². The third kappa shape index (κ3) is 2.51. The van der Waals surface area contributed by atoms with Crippen LogP contribution in [0.3, 0.4) is 0 Å². The number of hydrogen-bond donors (Lipinski definition) is 2. The minimum absolute atomic E-state index is 0.448. The van der Waals surface area contributed by atoms with Crippen molar-refractivity contribution in [3.05, 3.63) is 16.6 Å². The van der Waals surface area contributed by atoms with Crippen molar-refractivity contribution in [3.63, 3.8) is 0 Å². The quantitative estimate of drug-likeness (QED) is 0.699. The van der Waals surface area contributed by atoms with Crippen LogP contribution >= 0.6 is 24.0 Å². The summed E-state index contributed by atoms with van der Waals surface area (Å²) >= 11 is 5.34. The second kappa shape index (κ2) is 3.73. The molecule has 0 saturated heterocycles. The first-order valence-electron chi connectivity index (χ1n) is 2.98. The lowest BCUT2D eigenvalue weighted by molar-refractivity contribution is -0.136. The Kier molecular flexibility index (Phi) is 2.90. The van der Waals surface area contributed by atoms with E-state index in [1.54, 1.807) is 11.7 Å². The molecule has 11 heavy (non-hydrogen) atoms. The van der Waals surface area contributed by atoms with Crippen molar-refractivity contribution in [2.24, 2.45) is 0 Å². The van der Waals surface area contributed by atoms with Crippen LogP contribution in [0.5, 0.6) is 0 Å². The van der Waals surface area contributed by atoms with Crippen molar-refractivity contribution in [2.45, 2.75) is 11.7 Å². The van der Waals surface area contributed by atoms with Crippen LogP contribution in [0.2, 0.25) is 0 Å². The van der Waals surface area contributed by atoms with Crippen molar-refractivity contribution < 1.29 is 9.90 Å². The Balaban J connectivity index is 2.50. The molecule has 0 aliphatic rings. The zero-order chi connectivity index (χ0) is 8.27. The number of aromatic nitrogens is 1. The Labute approximate surface area is 73.5 Å². The molecular weight excluding hydrogens is 182 g/mol. The molecule has 0 fully saturated rings. The summed E-state index contributed by atoms with van der Waals surface area (Å²) < 4.78 is 0. The Morgan fingerprint density at radius 3 is 3.09 bits per heavy atom. The number of hydrogen-bond acceptors (Lipinski definition) is 4. The molecule has 1 aromatic heterocycles. The first-order valence-corrected chi connectivity index (χ1v) is 4.38. The van der Waals surface area contributed by atoms with Gasteiger partial charge in [-0.15, -0.1) is 11.3 Å². The molecule has 5 heteroatoms. The van der Waals surface area contributed by atoms with Gasteiger partial charge in [-0.25, -0.2) is 0 Å². The van der Waals surface area contributed by atoms with E-state index in [2.05, 4.69) is 17.6 Å². The highest BCUT2D eigenvalue weighted by Gasteiger charge is 2.12. The van der Waals surface area contributed by atoms with Gasteiger partial charge in [0.2, 0.25) is 0 Å². The molecule has 1 rings (SSSR count). The van der Waals surface area contributed by atoms with Crippen LogP contribution in [0.15, 0.2) is 11.7 Å². The maximum absolute atomic E-state index is 10.3. The van der Waals surface area contributed by atoms with E-state index in [1.165, 1.54) is 11.3 Å². The summed E-state index contributed by atoms with van der Waals surface area (Å²) in [5.41, 5.74) is 1.68. The fraction of sp³-hybridized carbons (Fsp3) is 0.333. The molecule has 1 aromatic rings. The lowest BCUT2D eigenvalue weighted by Gasteiger charge is -2.00. The minimum Gasteiger partial charge on any atom is -0.480 e. The number of aliphatic carboxylic acids is 1. The van der Waals surface area contributed by atoms with E-state index in [-0.39, 0.29) is 0 Å². The summed E-state index contributed by atoms with van der Waals surface area (Å²) in [6.45, 7) is 0. The van der Waals surface area contributed by atoms with E-state index in [9.17, 15) is 4.79 Å². The number of carboxylic acid groups (broad SMARTS) is 1. The van der Waals surface area contributed by atoms with Crippen molar-refractivity contribution in [2.75, 3.05) is 0 Å². The third-order valence-corrected chi connectivity index (χ3v) is 2.37. The Morgan fingerprint density at radius 1 is 1.91 bits per heavy atom. The molecule has 0 amide bonds. The van der Waals surface area contributed by atoms with E-state index < -0.39 is 11.2 Å². The van der Waals surface area contributed by atoms with E-state index in [1.807, 2.05) is 0 Å². The number of rotatable bonds is 3. The highest BCUT2D eigenvalue weighted by atomic mass is 32.1. The van der Waals surface area contributed by atoms with Crippen LogP contribution < -0.4 is 0 Å². The highest BCUT2D eigenvalue weighted by molar-refractivity contribution is 7.81. The molecule has 0 radical (unpaired) electrons. The maximum atomic E-state index is 10.3. The summed E-state index contributed by atoms with van der Waals surface area (Å²) in [5.74, 6) is -0.887. The lowest BCUT2D eigenvalue weighted by atomic mass is 10.3. The number of nitrogens with zero attached hydrogens (tertiary/aromatic N) is 1. The predicted molar refractivity (Wildman–Crippen MR) is 46.2 cm³/mol. The molecular formula is C6H7NO2S2. The topological polar surface area (TPSA) is 50.2 Å². The maximum Gasteiger partial charge on any atom is 0.316 e. The van der Waals surface area contributed by atoms with Gasteiger partial charge in [-0.1, -0.05) is 0 Å². The van der Waals surface area contributed by atoms with Crippen LogP contribution in [0.4, 0.5) is 0 Å². The molecule has 0 saturated carbocycles. The molecule has 0 aliphatic heterocycles. The van der Waals surface area contributed by atoms with Gasteiger partial charge < -0.3 is 5.11 Å². The highest BCUT2D eigenvalue weighted by Crippen LogP contribution is 2.11. The number of carbonyl (C=O) groups is 1. The van der Waals surface area contributed by atoms with Gasteiger partial charge in [-0.3, -0.25) is 9.78 Å². The van der Waals surface area contributed by atoms with E-state index in [0.717, 1.165) is 4.88 Å². The van der Waals surface area contributed by atoms with Crippen LogP contribution in [0.1, 0.15) is 4.88 Å². The molecule has 1 heterocycles. The fourth-order valence-corrected chi connectivity index (χ4v) is 1.58. The van der Waals surface area contributed by atoms with Gasteiger partial charge in [0.05, 0.1) is 5.51 Å². The molecule has 60 valence electrons. The molecule has 1 N–H and O–H groups in total. The van der Waals surface area contributed by atoms with E-state index >= 15 is 0 Å². The Morgan fingerprint density at radius 2 is 2.64 bits per heavy atom. The van der Waals surface area contributed by atoms with Crippen molar-refractivity contribution >= 4 is 29.9 Å². The van der Waals surface area contributed by atoms with Crippen molar-refractivity contribution in [1.29, 1.82) is 0 Å². The minimum atomic E-state index is -0.887. The first-order chi connectivity index (χ1) is 5.20. The van der Waals surface area contributed by atoms with Gasteiger partial charge >= 0.3 is 5.97 Å². The largest absolute Gasteiger partial charge is 0.480 e.